The SMILES string of the molecule is CC(C[NH+]1CCC(=C(c2ccsc2)c2ccsc2)CC1)OC(=O)C1CCCCC1.O=C([O-])C(=O)O. The van der Waals surface area contributed by atoms with E-state index in [9.17, 15) is 4.79 Å². The van der Waals surface area contributed by atoms with Crippen molar-refractivity contribution in [1.29, 1.82) is 0 Å². The van der Waals surface area contributed by atoms with E-state index in [-0.39, 0.29) is 18.0 Å². The smallest absolute Gasteiger partial charge is 0.351 e. The molecule has 1 saturated carbocycles. The van der Waals surface area contributed by atoms with Crippen molar-refractivity contribution in [2.45, 2.75) is 58.0 Å². The highest BCUT2D eigenvalue weighted by Gasteiger charge is 2.27. The molecule has 0 amide bonds. The van der Waals surface area contributed by atoms with Crippen molar-refractivity contribution < 1.29 is 34.2 Å². The molecule has 0 radical (unpaired) electrons. The average molecular weight is 520 g/mol. The van der Waals surface area contributed by atoms with Crippen molar-refractivity contribution in [1.82, 2.24) is 0 Å². The van der Waals surface area contributed by atoms with Crippen LogP contribution in [0.5, 0.6) is 0 Å². The van der Waals surface area contributed by atoms with Crippen molar-refractivity contribution in [2.75, 3.05) is 19.6 Å². The van der Waals surface area contributed by atoms with Crippen LogP contribution in [-0.2, 0) is 19.1 Å². The van der Waals surface area contributed by atoms with Gasteiger partial charge in [-0.2, -0.15) is 22.7 Å². The quantitative estimate of drug-likeness (QED) is 0.449. The molecule has 4 rings (SSSR count). The zero-order valence-electron chi connectivity index (χ0n) is 20.0. The van der Waals surface area contributed by atoms with E-state index >= 15 is 0 Å². The number of esters is 1. The Balaban J connectivity index is 0.000000509. The van der Waals surface area contributed by atoms with E-state index in [0.717, 1.165) is 45.3 Å². The van der Waals surface area contributed by atoms with Crippen LogP contribution in [0.4, 0.5) is 0 Å². The zero-order chi connectivity index (χ0) is 25.2. The molecule has 1 atom stereocenters. The van der Waals surface area contributed by atoms with E-state index in [2.05, 4.69) is 40.6 Å². The average Bonchev–Trinajstić information content (AvgIpc) is 3.57. The van der Waals surface area contributed by atoms with Gasteiger partial charge in [0, 0.05) is 12.8 Å². The minimum atomic E-state index is -2.07. The molecule has 0 spiro atoms. The lowest BCUT2D eigenvalue weighted by Gasteiger charge is -2.29. The number of hydrogen-bond acceptors (Lipinski definition) is 7. The molecule has 2 fully saturated rings. The van der Waals surface area contributed by atoms with E-state index in [1.165, 1.54) is 36.0 Å². The molecule has 2 aromatic rings. The summed E-state index contributed by atoms with van der Waals surface area (Å²) in [6, 6.07) is 4.49. The minimum absolute atomic E-state index is 0.0122. The molecule has 1 aliphatic heterocycles. The number of likely N-dealkylation sites (tertiary alicyclic amines) is 1. The number of rotatable bonds is 6. The summed E-state index contributed by atoms with van der Waals surface area (Å²) in [7, 11) is 0. The van der Waals surface area contributed by atoms with Gasteiger partial charge in [0.15, 0.2) is 5.97 Å². The standard InChI is InChI=1S/C24H31NO2S2.C2H2O4/c1-18(27-24(26)20-5-3-2-4-6-20)15-25-11-7-19(8-12-25)23(21-9-13-28-16-21)22-10-14-29-17-22;3-1(4)2(5)6/h9-10,13-14,16-18,20H,2-8,11-12,15H2,1H3;(H,3,4)(H,5,6). The summed E-state index contributed by atoms with van der Waals surface area (Å²) in [5.74, 6) is -3.81. The van der Waals surface area contributed by atoms with E-state index in [4.69, 9.17) is 24.5 Å². The molecular weight excluding hydrogens is 486 g/mol. The van der Waals surface area contributed by atoms with Crippen LogP contribution in [0.2, 0.25) is 0 Å². The number of ether oxygens (including phenoxy) is 1. The zero-order valence-corrected chi connectivity index (χ0v) is 21.6. The number of carbonyl (C=O) groups excluding carboxylic acids is 2. The molecule has 1 aliphatic carbocycles. The highest BCUT2D eigenvalue weighted by molar-refractivity contribution is 7.08. The van der Waals surface area contributed by atoms with Gasteiger partial charge in [-0.3, -0.25) is 4.79 Å². The van der Waals surface area contributed by atoms with Gasteiger partial charge in [-0.25, -0.2) is 4.79 Å². The van der Waals surface area contributed by atoms with Gasteiger partial charge in [0.25, 0.3) is 0 Å². The third-order valence-electron chi connectivity index (χ3n) is 6.54. The molecule has 35 heavy (non-hydrogen) atoms. The molecule has 2 aliphatic rings. The lowest BCUT2D eigenvalue weighted by atomic mass is 9.89. The highest BCUT2D eigenvalue weighted by Crippen LogP contribution is 2.33. The molecule has 190 valence electrons. The summed E-state index contributed by atoms with van der Waals surface area (Å²) in [4.78, 5) is 32.0. The number of piperidine rings is 1. The molecular formula is C26H33NO6S2. The third-order valence-corrected chi connectivity index (χ3v) is 7.91. The van der Waals surface area contributed by atoms with Crippen LogP contribution in [0, 0.1) is 5.92 Å². The van der Waals surface area contributed by atoms with Crippen LogP contribution in [0.3, 0.4) is 0 Å². The molecule has 7 nitrogen and oxygen atoms in total. The summed E-state index contributed by atoms with van der Waals surface area (Å²) in [5, 5.41) is 25.2. The molecule has 0 bridgehead atoms. The number of aliphatic carboxylic acids is 2. The predicted molar refractivity (Wildman–Crippen MR) is 134 cm³/mol. The summed E-state index contributed by atoms with van der Waals surface area (Å²) in [6.45, 7) is 5.25. The van der Waals surface area contributed by atoms with Crippen molar-refractivity contribution in [3.63, 3.8) is 0 Å². The molecule has 9 heteroatoms. The fourth-order valence-corrected chi connectivity index (χ4v) is 6.12. The van der Waals surface area contributed by atoms with E-state index in [1.807, 2.05) is 0 Å². The van der Waals surface area contributed by atoms with Crippen LogP contribution < -0.4 is 10.0 Å². The largest absolute Gasteiger partial charge is 0.539 e. The number of carboxylic acids is 2. The van der Waals surface area contributed by atoms with Gasteiger partial charge in [-0.1, -0.05) is 24.8 Å². The van der Waals surface area contributed by atoms with E-state index in [1.54, 1.807) is 33.1 Å². The van der Waals surface area contributed by atoms with Crippen LogP contribution in [0.15, 0.2) is 39.2 Å². The second-order valence-corrected chi connectivity index (χ2v) is 10.7. The first kappa shape index (κ1) is 27.1. The Hall–Kier alpha value is -2.49. The summed E-state index contributed by atoms with van der Waals surface area (Å²) in [5.41, 5.74) is 5.75. The lowest BCUT2D eigenvalue weighted by molar-refractivity contribution is -0.905. The van der Waals surface area contributed by atoms with E-state index < -0.39 is 11.9 Å². The molecule has 0 aromatic carbocycles. The maximum Gasteiger partial charge on any atom is 0.351 e. The Labute approximate surface area is 214 Å². The van der Waals surface area contributed by atoms with Crippen LogP contribution in [-0.4, -0.2) is 48.8 Å². The molecule has 2 aromatic heterocycles. The minimum Gasteiger partial charge on any atom is -0.539 e. The Bertz CT molecular complexity index is 935. The van der Waals surface area contributed by atoms with Gasteiger partial charge in [0.2, 0.25) is 0 Å². The second kappa shape index (κ2) is 13.6. The maximum atomic E-state index is 12.4. The van der Waals surface area contributed by atoms with Gasteiger partial charge in [0.1, 0.15) is 12.6 Å². The van der Waals surface area contributed by atoms with Crippen molar-refractivity contribution >= 4 is 46.2 Å². The van der Waals surface area contributed by atoms with E-state index in [0.29, 0.717) is 0 Å². The third kappa shape index (κ3) is 8.30. The fourth-order valence-electron chi connectivity index (χ4n) is 4.83. The first-order chi connectivity index (χ1) is 16.8. The number of thiophene rings is 2. The normalized spacial score (nSPS) is 19.2. The number of nitrogens with one attached hydrogen (secondary N) is 1. The van der Waals surface area contributed by atoms with Crippen LogP contribution in [0.1, 0.15) is 63.0 Å². The molecule has 2 N–H and O–H groups in total. The Morgan fingerprint density at radius 2 is 1.60 bits per heavy atom. The van der Waals surface area contributed by atoms with Gasteiger partial charge in [0.05, 0.1) is 19.0 Å². The monoisotopic (exact) mass is 519 g/mol. The first-order valence-corrected chi connectivity index (χ1v) is 14.0. The predicted octanol–water partition coefficient (Wildman–Crippen LogP) is 2.62. The first-order valence-electron chi connectivity index (χ1n) is 12.1. The maximum absolute atomic E-state index is 12.4. The summed E-state index contributed by atoms with van der Waals surface area (Å²) < 4.78 is 5.82. The van der Waals surface area contributed by atoms with Gasteiger partial charge >= 0.3 is 11.9 Å². The fraction of sp³-hybridized carbons (Fsp3) is 0.500. The number of hydrogen-bond donors (Lipinski definition) is 2. The lowest BCUT2D eigenvalue weighted by Crippen LogP contribution is -3.13. The highest BCUT2D eigenvalue weighted by atomic mass is 32.1. The number of carbonyl (C=O) groups is 3. The summed E-state index contributed by atoms with van der Waals surface area (Å²) >= 11 is 3.54. The Morgan fingerprint density at radius 3 is 2.06 bits per heavy atom. The van der Waals surface area contributed by atoms with Gasteiger partial charge in [-0.05, 0) is 70.1 Å². The van der Waals surface area contributed by atoms with Crippen LogP contribution in [0.25, 0.3) is 5.57 Å². The van der Waals surface area contributed by atoms with Crippen molar-refractivity contribution in [3.05, 3.63) is 50.4 Å². The van der Waals surface area contributed by atoms with Crippen molar-refractivity contribution in [2.24, 2.45) is 5.92 Å². The van der Waals surface area contributed by atoms with Gasteiger partial charge in [-0.15, -0.1) is 0 Å². The molecule has 3 heterocycles. The molecule has 1 unspecified atom stereocenters. The second-order valence-electron chi connectivity index (χ2n) is 9.13. The van der Waals surface area contributed by atoms with Gasteiger partial charge < -0.3 is 24.6 Å². The molecule has 1 saturated heterocycles. The number of quaternary nitrogens is 1. The Morgan fingerprint density at radius 1 is 1.06 bits per heavy atom. The van der Waals surface area contributed by atoms with Crippen LogP contribution >= 0.6 is 22.7 Å². The Kier molecular flexibility index (Phi) is 10.5. The van der Waals surface area contributed by atoms with Crippen molar-refractivity contribution in [3.8, 4) is 0 Å². The summed E-state index contributed by atoms with van der Waals surface area (Å²) in [6.07, 6.45) is 7.92. The topological polar surface area (TPSA) is 108 Å². The number of carboxylic acid groups (broad SMARTS) is 2.